The van der Waals surface area contributed by atoms with Crippen molar-refractivity contribution >= 4 is 0 Å². The second kappa shape index (κ2) is 5.10. The molecule has 0 fully saturated rings. The highest BCUT2D eigenvalue weighted by atomic mass is 16.5. The molecule has 0 radical (unpaired) electrons. The zero-order valence-electron chi connectivity index (χ0n) is 9.45. The lowest BCUT2D eigenvalue weighted by molar-refractivity contribution is 0.145. The van der Waals surface area contributed by atoms with Crippen molar-refractivity contribution in [2.45, 2.75) is 39.7 Å². The van der Waals surface area contributed by atoms with E-state index in [-0.39, 0.29) is 0 Å². The first-order valence-corrected chi connectivity index (χ1v) is 5.14. The molecule has 1 unspecified atom stereocenters. The number of nitrogens with zero attached hydrogens (tertiary/aromatic N) is 3. The van der Waals surface area contributed by atoms with Crippen LogP contribution in [0.25, 0.3) is 0 Å². The summed E-state index contributed by atoms with van der Waals surface area (Å²) < 4.78 is 7.17. The van der Waals surface area contributed by atoms with Gasteiger partial charge < -0.3 is 4.74 Å². The van der Waals surface area contributed by atoms with E-state index in [4.69, 9.17) is 4.74 Å². The largest absolute Gasteiger partial charge is 0.382 e. The van der Waals surface area contributed by atoms with Crippen LogP contribution in [0.5, 0.6) is 0 Å². The van der Waals surface area contributed by atoms with Crippen molar-refractivity contribution in [3.8, 4) is 0 Å². The zero-order valence-corrected chi connectivity index (χ0v) is 9.45. The van der Waals surface area contributed by atoms with Gasteiger partial charge in [-0.3, -0.25) is 0 Å². The second-order valence-corrected chi connectivity index (χ2v) is 3.44. The van der Waals surface area contributed by atoms with Crippen LogP contribution in [0.4, 0.5) is 0 Å². The molecule has 1 aromatic heterocycles. The average molecular weight is 197 g/mol. The molecule has 1 atom stereocenters. The Labute approximate surface area is 85.3 Å². The van der Waals surface area contributed by atoms with Gasteiger partial charge in [0, 0.05) is 7.11 Å². The standard InChI is InChI=1S/C10H19N3O/c1-5-9(7-14-4)13-10(6-2)8(3)11-12-13/h9H,5-7H2,1-4H3. The molecule has 80 valence electrons. The lowest BCUT2D eigenvalue weighted by Crippen LogP contribution is -2.17. The van der Waals surface area contributed by atoms with Crippen molar-refractivity contribution in [3.63, 3.8) is 0 Å². The van der Waals surface area contributed by atoms with E-state index in [1.807, 2.05) is 11.6 Å². The van der Waals surface area contributed by atoms with Crippen LogP contribution < -0.4 is 0 Å². The van der Waals surface area contributed by atoms with Crippen LogP contribution in [-0.2, 0) is 11.2 Å². The van der Waals surface area contributed by atoms with Crippen molar-refractivity contribution in [1.29, 1.82) is 0 Å². The van der Waals surface area contributed by atoms with E-state index >= 15 is 0 Å². The highest BCUT2D eigenvalue weighted by Gasteiger charge is 2.15. The van der Waals surface area contributed by atoms with Crippen LogP contribution in [-0.4, -0.2) is 28.7 Å². The molecule has 4 nitrogen and oxygen atoms in total. The SMILES string of the molecule is CCc1c(C)nnn1C(CC)COC. The van der Waals surface area contributed by atoms with Crippen LogP contribution in [0, 0.1) is 6.92 Å². The van der Waals surface area contributed by atoms with Gasteiger partial charge in [-0.1, -0.05) is 19.1 Å². The first-order chi connectivity index (χ1) is 6.74. The third-order valence-corrected chi connectivity index (χ3v) is 2.50. The van der Waals surface area contributed by atoms with E-state index in [0.29, 0.717) is 12.6 Å². The lowest BCUT2D eigenvalue weighted by Gasteiger charge is -2.16. The van der Waals surface area contributed by atoms with Gasteiger partial charge in [0.25, 0.3) is 0 Å². The van der Waals surface area contributed by atoms with Gasteiger partial charge in [-0.15, -0.1) is 5.10 Å². The number of rotatable bonds is 5. The Morgan fingerprint density at radius 2 is 2.14 bits per heavy atom. The number of aromatic nitrogens is 3. The second-order valence-electron chi connectivity index (χ2n) is 3.44. The summed E-state index contributed by atoms with van der Waals surface area (Å²) >= 11 is 0. The Kier molecular flexibility index (Phi) is 4.07. The first kappa shape index (κ1) is 11.2. The van der Waals surface area contributed by atoms with Crippen molar-refractivity contribution in [2.75, 3.05) is 13.7 Å². The topological polar surface area (TPSA) is 39.9 Å². The van der Waals surface area contributed by atoms with Crippen molar-refractivity contribution in [3.05, 3.63) is 11.4 Å². The average Bonchev–Trinajstić information content (AvgIpc) is 2.56. The number of hydrogen-bond acceptors (Lipinski definition) is 3. The van der Waals surface area contributed by atoms with Crippen LogP contribution in [0.15, 0.2) is 0 Å². The summed E-state index contributed by atoms with van der Waals surface area (Å²) in [6.07, 6.45) is 1.99. The molecule has 1 rings (SSSR count). The van der Waals surface area contributed by atoms with Gasteiger partial charge in [0.2, 0.25) is 0 Å². The van der Waals surface area contributed by atoms with E-state index in [0.717, 1.165) is 18.5 Å². The Hall–Kier alpha value is -0.900. The summed E-state index contributed by atoms with van der Waals surface area (Å²) in [5.74, 6) is 0. The van der Waals surface area contributed by atoms with Crippen molar-refractivity contribution in [2.24, 2.45) is 0 Å². The fourth-order valence-corrected chi connectivity index (χ4v) is 1.66. The van der Waals surface area contributed by atoms with Crippen LogP contribution >= 0.6 is 0 Å². The van der Waals surface area contributed by atoms with Gasteiger partial charge in [0.15, 0.2) is 0 Å². The third kappa shape index (κ3) is 2.12. The predicted octanol–water partition coefficient (Wildman–Crippen LogP) is 1.75. The molecular formula is C10H19N3O. The Bertz CT molecular complexity index is 283. The van der Waals surface area contributed by atoms with E-state index in [1.165, 1.54) is 5.69 Å². The molecular weight excluding hydrogens is 178 g/mol. The van der Waals surface area contributed by atoms with Gasteiger partial charge >= 0.3 is 0 Å². The van der Waals surface area contributed by atoms with Gasteiger partial charge in [-0.25, -0.2) is 4.68 Å². The minimum Gasteiger partial charge on any atom is -0.382 e. The van der Waals surface area contributed by atoms with E-state index < -0.39 is 0 Å². The fraction of sp³-hybridized carbons (Fsp3) is 0.800. The molecule has 0 aromatic carbocycles. The minimum absolute atomic E-state index is 0.316. The van der Waals surface area contributed by atoms with Crippen LogP contribution in [0.2, 0.25) is 0 Å². The molecule has 0 bridgehead atoms. The molecule has 14 heavy (non-hydrogen) atoms. The van der Waals surface area contributed by atoms with Crippen LogP contribution in [0.3, 0.4) is 0 Å². The van der Waals surface area contributed by atoms with Gasteiger partial charge in [-0.05, 0) is 19.8 Å². The molecule has 0 aliphatic heterocycles. The summed E-state index contributed by atoms with van der Waals surface area (Å²) in [5, 5.41) is 8.26. The Morgan fingerprint density at radius 3 is 2.64 bits per heavy atom. The molecule has 0 saturated carbocycles. The normalized spacial score (nSPS) is 13.1. The molecule has 0 amide bonds. The number of aryl methyl sites for hydroxylation is 1. The number of hydrogen-bond donors (Lipinski definition) is 0. The maximum atomic E-state index is 5.17. The lowest BCUT2D eigenvalue weighted by atomic mass is 10.2. The molecule has 1 aromatic rings. The molecule has 0 aliphatic rings. The van der Waals surface area contributed by atoms with Crippen molar-refractivity contribution in [1.82, 2.24) is 15.0 Å². The zero-order chi connectivity index (χ0) is 10.6. The first-order valence-electron chi connectivity index (χ1n) is 5.14. The molecule has 4 heteroatoms. The van der Waals surface area contributed by atoms with Crippen LogP contribution in [0.1, 0.15) is 37.7 Å². The third-order valence-electron chi connectivity index (χ3n) is 2.50. The van der Waals surface area contributed by atoms with Crippen molar-refractivity contribution < 1.29 is 4.74 Å². The molecule has 0 aliphatic carbocycles. The molecule has 0 saturated heterocycles. The fourth-order valence-electron chi connectivity index (χ4n) is 1.66. The highest BCUT2D eigenvalue weighted by molar-refractivity contribution is 5.08. The van der Waals surface area contributed by atoms with E-state index in [9.17, 15) is 0 Å². The summed E-state index contributed by atoms with van der Waals surface area (Å²) in [7, 11) is 1.72. The van der Waals surface area contributed by atoms with E-state index in [1.54, 1.807) is 7.11 Å². The molecule has 1 heterocycles. The van der Waals surface area contributed by atoms with Gasteiger partial charge in [0.1, 0.15) is 0 Å². The van der Waals surface area contributed by atoms with Gasteiger partial charge in [0.05, 0.1) is 24.0 Å². The summed E-state index contributed by atoms with van der Waals surface area (Å²) in [6, 6.07) is 0.316. The highest BCUT2D eigenvalue weighted by Crippen LogP contribution is 2.15. The Morgan fingerprint density at radius 1 is 1.43 bits per heavy atom. The predicted molar refractivity (Wildman–Crippen MR) is 55.3 cm³/mol. The summed E-state index contributed by atoms with van der Waals surface area (Å²) in [4.78, 5) is 0. The summed E-state index contributed by atoms with van der Waals surface area (Å²) in [6.45, 7) is 6.97. The van der Waals surface area contributed by atoms with Gasteiger partial charge in [-0.2, -0.15) is 0 Å². The Balaban J connectivity index is 2.91. The smallest absolute Gasteiger partial charge is 0.0828 e. The minimum atomic E-state index is 0.316. The molecule has 0 N–H and O–H groups in total. The number of ether oxygens (including phenoxy) is 1. The number of methoxy groups -OCH3 is 1. The summed E-state index contributed by atoms with van der Waals surface area (Å²) in [5.41, 5.74) is 2.25. The monoisotopic (exact) mass is 197 g/mol. The maximum absolute atomic E-state index is 5.17. The molecule has 0 spiro atoms. The quantitative estimate of drug-likeness (QED) is 0.722. The maximum Gasteiger partial charge on any atom is 0.0828 e. The van der Waals surface area contributed by atoms with E-state index in [2.05, 4.69) is 24.2 Å².